The third-order valence-corrected chi connectivity index (χ3v) is 5.86. The molecule has 186 valence electrons. The van der Waals surface area contributed by atoms with E-state index in [1.807, 2.05) is 0 Å². The van der Waals surface area contributed by atoms with Crippen LogP contribution in [0.25, 0.3) is 11.0 Å². The quantitative estimate of drug-likeness (QED) is 0.306. The van der Waals surface area contributed by atoms with E-state index < -0.39 is 5.82 Å². The van der Waals surface area contributed by atoms with Crippen molar-refractivity contribution in [2.45, 2.75) is 13.2 Å². The summed E-state index contributed by atoms with van der Waals surface area (Å²) in [5, 5.41) is 0.567. The van der Waals surface area contributed by atoms with Crippen LogP contribution in [0, 0.1) is 5.82 Å². The number of benzene rings is 3. The van der Waals surface area contributed by atoms with Crippen molar-refractivity contribution in [3.05, 3.63) is 76.8 Å². The maximum absolute atomic E-state index is 14.1. The van der Waals surface area contributed by atoms with Gasteiger partial charge in [0.1, 0.15) is 35.8 Å². The largest absolute Gasteiger partial charge is 0.493 e. The van der Waals surface area contributed by atoms with Gasteiger partial charge in [0.25, 0.3) is 0 Å². The van der Waals surface area contributed by atoms with Gasteiger partial charge in [-0.1, -0.05) is 0 Å². The topological polar surface area (TPSA) is 85.6 Å². The minimum absolute atomic E-state index is 0.0691. The Balaban J connectivity index is 1.44. The lowest BCUT2D eigenvalue weighted by atomic mass is 10.0. The summed E-state index contributed by atoms with van der Waals surface area (Å²) in [6, 6.07) is 11.1. The summed E-state index contributed by atoms with van der Waals surface area (Å²) in [6.07, 6.45) is 1.40. The molecule has 0 amide bonds. The molecular weight excluding hydrogens is 471 g/mol. The molecule has 1 aliphatic rings. The normalized spacial score (nSPS) is 12.6. The van der Waals surface area contributed by atoms with Crippen molar-refractivity contribution < 1.29 is 42.0 Å². The van der Waals surface area contributed by atoms with Crippen LogP contribution in [0.4, 0.5) is 4.39 Å². The van der Waals surface area contributed by atoms with Gasteiger partial charge in [0, 0.05) is 22.1 Å². The Bertz CT molecular complexity index is 1420. The van der Waals surface area contributed by atoms with Gasteiger partial charge < -0.3 is 32.8 Å². The number of carbonyl (C=O) groups is 1. The zero-order valence-electron chi connectivity index (χ0n) is 19.9. The highest BCUT2D eigenvalue weighted by atomic mass is 19.1. The van der Waals surface area contributed by atoms with Gasteiger partial charge in [0.15, 0.2) is 24.1 Å². The fourth-order valence-corrected chi connectivity index (χ4v) is 4.17. The Kier molecular flexibility index (Phi) is 6.39. The fourth-order valence-electron chi connectivity index (χ4n) is 4.17. The summed E-state index contributed by atoms with van der Waals surface area (Å²) < 4.78 is 52.5. The van der Waals surface area contributed by atoms with Gasteiger partial charge in [-0.05, 0) is 42.5 Å². The molecule has 0 saturated heterocycles. The van der Waals surface area contributed by atoms with Gasteiger partial charge in [-0.25, -0.2) is 4.39 Å². The van der Waals surface area contributed by atoms with Crippen molar-refractivity contribution in [3.8, 4) is 28.7 Å². The molecule has 0 atom stereocenters. The molecule has 0 unspecified atom stereocenters. The van der Waals surface area contributed by atoms with Gasteiger partial charge >= 0.3 is 0 Å². The summed E-state index contributed by atoms with van der Waals surface area (Å²) in [5.41, 5.74) is 2.39. The minimum Gasteiger partial charge on any atom is -0.493 e. The van der Waals surface area contributed by atoms with Crippen LogP contribution < -0.4 is 23.7 Å². The molecule has 9 heteroatoms. The predicted octanol–water partition coefficient (Wildman–Crippen LogP) is 5.27. The highest BCUT2D eigenvalue weighted by Crippen LogP contribution is 2.39. The lowest BCUT2D eigenvalue weighted by molar-refractivity contribution is -0.0178. The van der Waals surface area contributed by atoms with E-state index in [1.54, 1.807) is 30.3 Å². The average molecular weight is 494 g/mol. The van der Waals surface area contributed by atoms with E-state index in [4.69, 9.17) is 32.8 Å². The van der Waals surface area contributed by atoms with Crippen molar-refractivity contribution >= 4 is 16.8 Å². The van der Waals surface area contributed by atoms with Gasteiger partial charge in [0.05, 0.1) is 33.5 Å². The number of ether oxygens (including phenoxy) is 6. The number of carbonyl (C=O) groups excluding carboxylic acids is 1. The smallest absolute Gasteiger partial charge is 0.203 e. The zero-order chi connectivity index (χ0) is 25.2. The van der Waals surface area contributed by atoms with Crippen LogP contribution in [-0.4, -0.2) is 33.9 Å². The molecular formula is C27H23FO8. The molecule has 8 nitrogen and oxygen atoms in total. The highest BCUT2D eigenvalue weighted by Gasteiger charge is 2.22. The Morgan fingerprint density at radius 1 is 1.00 bits per heavy atom. The summed E-state index contributed by atoms with van der Waals surface area (Å²) >= 11 is 0. The monoisotopic (exact) mass is 494 g/mol. The summed E-state index contributed by atoms with van der Waals surface area (Å²) in [6.45, 7) is 0.437. The van der Waals surface area contributed by atoms with Crippen molar-refractivity contribution in [1.29, 1.82) is 0 Å². The second kappa shape index (κ2) is 9.79. The molecule has 0 spiro atoms. The zero-order valence-corrected chi connectivity index (χ0v) is 19.9. The Morgan fingerprint density at radius 2 is 1.78 bits per heavy atom. The van der Waals surface area contributed by atoms with Crippen molar-refractivity contribution in [2.24, 2.45) is 0 Å². The third kappa shape index (κ3) is 4.29. The SMILES string of the molecule is COc1cc(C(=O)c2coc3ccc(OCc4cc(F)cc5c4OCOC5)cc23)cc(OC)c1OC. The first-order valence-corrected chi connectivity index (χ1v) is 11.0. The van der Waals surface area contributed by atoms with E-state index in [0.29, 0.717) is 62.0 Å². The molecule has 0 fully saturated rings. The van der Waals surface area contributed by atoms with E-state index in [-0.39, 0.29) is 25.8 Å². The highest BCUT2D eigenvalue weighted by molar-refractivity contribution is 6.16. The van der Waals surface area contributed by atoms with E-state index in [9.17, 15) is 9.18 Å². The number of fused-ring (bicyclic) bond motifs is 2. The van der Waals surface area contributed by atoms with Crippen LogP contribution in [0.3, 0.4) is 0 Å². The van der Waals surface area contributed by atoms with Gasteiger partial charge in [-0.15, -0.1) is 0 Å². The maximum Gasteiger partial charge on any atom is 0.203 e. The number of rotatable bonds is 8. The number of furan rings is 1. The van der Waals surface area contributed by atoms with Gasteiger partial charge in [-0.2, -0.15) is 0 Å². The second-order valence-corrected chi connectivity index (χ2v) is 8.00. The standard InChI is InChI=1S/C27H23FO8/c1-30-23-8-15(9-24(31-2)27(23)32-3)25(29)21-13-35-22-5-4-19(10-20(21)22)34-12-17-7-18(28)6-16-11-33-14-36-26(16)17/h4-10,13H,11-12,14H2,1-3H3. The molecule has 0 N–H and O–H groups in total. The van der Waals surface area contributed by atoms with Crippen molar-refractivity contribution in [1.82, 2.24) is 0 Å². The number of hydrogen-bond acceptors (Lipinski definition) is 8. The lowest BCUT2D eigenvalue weighted by Crippen LogP contribution is -2.14. The number of ketones is 1. The summed E-state index contributed by atoms with van der Waals surface area (Å²) in [5.74, 6) is 1.46. The Hall–Kier alpha value is -4.24. The fraction of sp³-hybridized carbons (Fsp3) is 0.222. The Morgan fingerprint density at radius 3 is 2.50 bits per heavy atom. The molecule has 0 radical (unpaired) electrons. The summed E-state index contributed by atoms with van der Waals surface area (Å²) in [7, 11) is 4.46. The van der Waals surface area contributed by atoms with Crippen LogP contribution in [-0.2, 0) is 18.0 Å². The number of halogens is 1. The first-order valence-electron chi connectivity index (χ1n) is 11.0. The second-order valence-electron chi connectivity index (χ2n) is 8.00. The molecule has 5 rings (SSSR count). The molecule has 2 heterocycles. The van der Waals surface area contributed by atoms with Crippen LogP contribution in [0.1, 0.15) is 27.0 Å². The van der Waals surface area contributed by atoms with Crippen molar-refractivity contribution in [3.63, 3.8) is 0 Å². The molecule has 4 aromatic rings. The van der Waals surface area contributed by atoms with E-state index in [0.717, 1.165) is 0 Å². The van der Waals surface area contributed by atoms with Crippen molar-refractivity contribution in [2.75, 3.05) is 28.1 Å². The molecule has 3 aromatic carbocycles. The number of hydrogen-bond donors (Lipinski definition) is 0. The van der Waals surface area contributed by atoms with E-state index in [2.05, 4.69) is 0 Å². The van der Waals surface area contributed by atoms with Gasteiger partial charge in [-0.3, -0.25) is 4.79 Å². The number of methoxy groups -OCH3 is 3. The van der Waals surface area contributed by atoms with Gasteiger partial charge in [0.2, 0.25) is 5.75 Å². The predicted molar refractivity (Wildman–Crippen MR) is 127 cm³/mol. The molecule has 0 bridgehead atoms. The minimum atomic E-state index is -0.398. The first kappa shape index (κ1) is 23.5. The lowest BCUT2D eigenvalue weighted by Gasteiger charge is -2.21. The maximum atomic E-state index is 14.1. The molecule has 0 saturated carbocycles. The third-order valence-electron chi connectivity index (χ3n) is 5.86. The van der Waals surface area contributed by atoms with Crippen LogP contribution in [0.5, 0.6) is 28.7 Å². The average Bonchev–Trinajstić information content (AvgIpc) is 3.33. The first-order chi connectivity index (χ1) is 17.5. The van der Waals surface area contributed by atoms with E-state index in [1.165, 1.54) is 39.7 Å². The molecule has 0 aliphatic carbocycles. The van der Waals surface area contributed by atoms with Crippen LogP contribution in [0.2, 0.25) is 0 Å². The summed E-state index contributed by atoms with van der Waals surface area (Å²) in [4.78, 5) is 13.4. The molecule has 1 aliphatic heterocycles. The Labute approximate surface area is 206 Å². The molecule has 36 heavy (non-hydrogen) atoms. The molecule has 1 aromatic heterocycles. The van der Waals surface area contributed by atoms with Crippen LogP contribution >= 0.6 is 0 Å². The van der Waals surface area contributed by atoms with Crippen LogP contribution in [0.15, 0.2) is 53.1 Å². The van der Waals surface area contributed by atoms with E-state index >= 15 is 0 Å².